The number of carbonyl (C=O) groups is 1. The molecule has 0 aliphatic carbocycles. The minimum absolute atomic E-state index is 0.0136. The highest BCUT2D eigenvalue weighted by atomic mass is 35.5. The topological polar surface area (TPSA) is 56.6 Å². The first kappa shape index (κ1) is 22.7. The number of hydrogen-bond donors (Lipinski definition) is 0. The molecule has 31 heavy (non-hydrogen) atoms. The number of carbonyl (C=O) groups excluding carboxylic acids is 1. The molecule has 0 N–H and O–H groups in total. The van der Waals surface area contributed by atoms with E-state index < -0.39 is 0 Å². The van der Waals surface area contributed by atoms with Gasteiger partial charge in [0.25, 0.3) is 0 Å². The average Bonchev–Trinajstić information content (AvgIpc) is 3.06. The summed E-state index contributed by atoms with van der Waals surface area (Å²) in [7, 11) is 1.62. The lowest BCUT2D eigenvalue weighted by molar-refractivity contribution is -0.131. The molecule has 0 aliphatic rings. The van der Waals surface area contributed by atoms with Crippen molar-refractivity contribution in [3.8, 4) is 23.1 Å². The van der Waals surface area contributed by atoms with Crippen molar-refractivity contribution in [1.82, 2.24) is 14.7 Å². The largest absolute Gasteiger partial charge is 0.497 e. The lowest BCUT2D eigenvalue weighted by atomic mass is 10.1. The van der Waals surface area contributed by atoms with Crippen LogP contribution < -0.4 is 9.47 Å². The SMILES string of the molecule is CCC(C)N(Cc1c(C)nn(-c2cccc(Cl)c2)c1Oc1ccc(OC)cc1)C(C)=O. The van der Waals surface area contributed by atoms with Crippen molar-refractivity contribution in [3.63, 3.8) is 0 Å². The van der Waals surface area contributed by atoms with Crippen LogP contribution in [0.4, 0.5) is 0 Å². The Morgan fingerprint density at radius 2 is 1.87 bits per heavy atom. The van der Waals surface area contributed by atoms with Gasteiger partial charge in [-0.25, -0.2) is 4.68 Å². The standard InChI is InChI=1S/C24H28ClN3O3/c1-6-16(2)27(18(4)29)15-23-17(3)26-28(20-9-7-8-19(25)14-20)24(23)31-22-12-10-21(30-5)11-13-22/h7-14,16H,6,15H2,1-5H3. The second-order valence-corrected chi connectivity index (χ2v) is 7.88. The Morgan fingerprint density at radius 3 is 2.45 bits per heavy atom. The number of ether oxygens (including phenoxy) is 2. The Labute approximate surface area is 188 Å². The zero-order chi connectivity index (χ0) is 22.5. The molecular formula is C24H28ClN3O3. The van der Waals surface area contributed by atoms with E-state index in [9.17, 15) is 4.79 Å². The third-order valence-electron chi connectivity index (χ3n) is 5.32. The highest BCUT2D eigenvalue weighted by Gasteiger charge is 2.24. The first-order valence-electron chi connectivity index (χ1n) is 10.3. The van der Waals surface area contributed by atoms with E-state index in [0.29, 0.717) is 23.2 Å². The quantitative estimate of drug-likeness (QED) is 0.444. The summed E-state index contributed by atoms with van der Waals surface area (Å²) in [5.41, 5.74) is 2.42. The molecule has 1 aromatic heterocycles. The van der Waals surface area contributed by atoms with Crippen LogP contribution in [0, 0.1) is 6.92 Å². The molecule has 0 aliphatic heterocycles. The van der Waals surface area contributed by atoms with E-state index in [-0.39, 0.29) is 11.9 Å². The van der Waals surface area contributed by atoms with Gasteiger partial charge in [-0.05, 0) is 62.7 Å². The fraction of sp³-hybridized carbons (Fsp3) is 0.333. The fourth-order valence-corrected chi connectivity index (χ4v) is 3.52. The molecule has 164 valence electrons. The van der Waals surface area contributed by atoms with E-state index in [4.69, 9.17) is 26.2 Å². The first-order valence-corrected chi connectivity index (χ1v) is 10.6. The molecule has 1 amide bonds. The fourth-order valence-electron chi connectivity index (χ4n) is 3.33. The Balaban J connectivity index is 2.09. The van der Waals surface area contributed by atoms with Gasteiger partial charge < -0.3 is 14.4 Å². The Kier molecular flexibility index (Phi) is 7.23. The highest BCUT2D eigenvalue weighted by molar-refractivity contribution is 6.30. The van der Waals surface area contributed by atoms with E-state index >= 15 is 0 Å². The molecular weight excluding hydrogens is 414 g/mol. The molecule has 1 atom stereocenters. The number of methoxy groups -OCH3 is 1. The summed E-state index contributed by atoms with van der Waals surface area (Å²) in [5.74, 6) is 1.95. The summed E-state index contributed by atoms with van der Waals surface area (Å²) >= 11 is 6.22. The third-order valence-corrected chi connectivity index (χ3v) is 5.55. The Morgan fingerprint density at radius 1 is 1.19 bits per heavy atom. The van der Waals surface area contributed by atoms with Crippen molar-refractivity contribution >= 4 is 17.5 Å². The van der Waals surface area contributed by atoms with Crippen molar-refractivity contribution in [3.05, 3.63) is 64.8 Å². The maximum Gasteiger partial charge on any atom is 0.227 e. The molecule has 0 saturated heterocycles. The minimum atomic E-state index is 0.0136. The summed E-state index contributed by atoms with van der Waals surface area (Å²) in [6.07, 6.45) is 0.857. The molecule has 0 bridgehead atoms. The monoisotopic (exact) mass is 441 g/mol. The summed E-state index contributed by atoms with van der Waals surface area (Å²) in [5, 5.41) is 5.32. The predicted molar refractivity (Wildman–Crippen MR) is 122 cm³/mol. The van der Waals surface area contributed by atoms with Gasteiger partial charge >= 0.3 is 0 Å². The predicted octanol–water partition coefficient (Wildman–Crippen LogP) is 5.78. The smallest absolute Gasteiger partial charge is 0.227 e. The number of aromatic nitrogens is 2. The van der Waals surface area contributed by atoms with E-state index in [0.717, 1.165) is 29.1 Å². The number of nitrogens with zero attached hydrogens (tertiary/aromatic N) is 3. The maximum atomic E-state index is 12.3. The van der Waals surface area contributed by atoms with Crippen LogP contribution in [0.3, 0.4) is 0 Å². The van der Waals surface area contributed by atoms with E-state index in [1.807, 2.05) is 67.3 Å². The average molecular weight is 442 g/mol. The molecule has 7 heteroatoms. The molecule has 3 aromatic rings. The van der Waals surface area contributed by atoms with Gasteiger partial charge in [-0.2, -0.15) is 5.10 Å². The summed E-state index contributed by atoms with van der Waals surface area (Å²) in [4.78, 5) is 14.2. The zero-order valence-corrected chi connectivity index (χ0v) is 19.3. The van der Waals surface area contributed by atoms with Crippen molar-refractivity contribution in [1.29, 1.82) is 0 Å². The second kappa shape index (κ2) is 9.88. The number of amides is 1. The molecule has 0 saturated carbocycles. The molecule has 0 fully saturated rings. The zero-order valence-electron chi connectivity index (χ0n) is 18.6. The van der Waals surface area contributed by atoms with Crippen LogP contribution in [0.2, 0.25) is 5.02 Å². The summed E-state index contributed by atoms with van der Waals surface area (Å²) in [6, 6.07) is 14.9. The number of hydrogen-bond acceptors (Lipinski definition) is 4. The molecule has 6 nitrogen and oxygen atoms in total. The van der Waals surface area contributed by atoms with Gasteiger partial charge in [0.2, 0.25) is 11.8 Å². The molecule has 0 radical (unpaired) electrons. The second-order valence-electron chi connectivity index (χ2n) is 7.44. The van der Waals surface area contributed by atoms with Gasteiger partial charge in [0.15, 0.2) is 0 Å². The summed E-state index contributed by atoms with van der Waals surface area (Å²) < 4.78 is 13.3. The highest BCUT2D eigenvalue weighted by Crippen LogP contribution is 2.33. The molecule has 2 aromatic carbocycles. The van der Waals surface area contributed by atoms with E-state index in [1.165, 1.54) is 0 Å². The van der Waals surface area contributed by atoms with E-state index in [2.05, 4.69) is 6.92 Å². The molecule has 0 spiro atoms. The number of aryl methyl sites for hydroxylation is 1. The van der Waals surface area contributed by atoms with Crippen LogP contribution in [-0.2, 0) is 11.3 Å². The van der Waals surface area contributed by atoms with Crippen LogP contribution in [-0.4, -0.2) is 33.7 Å². The van der Waals surface area contributed by atoms with Crippen LogP contribution >= 0.6 is 11.6 Å². The molecule has 1 heterocycles. The van der Waals surface area contributed by atoms with Crippen LogP contribution in [0.25, 0.3) is 5.69 Å². The number of benzene rings is 2. The number of rotatable bonds is 8. The lowest BCUT2D eigenvalue weighted by Gasteiger charge is -2.27. The summed E-state index contributed by atoms with van der Waals surface area (Å²) in [6.45, 7) is 8.03. The van der Waals surface area contributed by atoms with Crippen LogP contribution in [0.15, 0.2) is 48.5 Å². The lowest BCUT2D eigenvalue weighted by Crippen LogP contribution is -2.36. The van der Waals surface area contributed by atoms with E-state index in [1.54, 1.807) is 18.7 Å². The van der Waals surface area contributed by atoms with Crippen molar-refractivity contribution in [2.45, 2.75) is 46.7 Å². The van der Waals surface area contributed by atoms with Gasteiger partial charge in [0.1, 0.15) is 11.5 Å². The van der Waals surface area contributed by atoms with Gasteiger partial charge in [-0.1, -0.05) is 24.6 Å². The van der Waals surface area contributed by atoms with Crippen molar-refractivity contribution in [2.24, 2.45) is 0 Å². The number of halogens is 1. The maximum absolute atomic E-state index is 12.3. The van der Waals surface area contributed by atoms with Gasteiger partial charge in [0, 0.05) is 18.0 Å². The molecule has 1 unspecified atom stereocenters. The van der Waals surface area contributed by atoms with Crippen molar-refractivity contribution < 1.29 is 14.3 Å². The normalized spacial score (nSPS) is 11.8. The Bertz CT molecular complexity index is 1050. The van der Waals surface area contributed by atoms with Crippen molar-refractivity contribution in [2.75, 3.05) is 7.11 Å². The minimum Gasteiger partial charge on any atom is -0.497 e. The Hall–Kier alpha value is -2.99. The first-order chi connectivity index (χ1) is 14.8. The van der Waals surface area contributed by atoms with Gasteiger partial charge in [0.05, 0.1) is 30.6 Å². The van der Waals surface area contributed by atoms with Gasteiger partial charge in [-0.3, -0.25) is 4.79 Å². The van der Waals surface area contributed by atoms with Gasteiger partial charge in [-0.15, -0.1) is 0 Å². The van der Waals surface area contributed by atoms with Crippen LogP contribution in [0.5, 0.6) is 17.4 Å². The third kappa shape index (κ3) is 5.20. The molecule has 3 rings (SSSR count). The van der Waals surface area contributed by atoms with Crippen LogP contribution in [0.1, 0.15) is 38.4 Å².